The number of nitrogens with zero attached hydrogens (tertiary/aromatic N) is 5. The Morgan fingerprint density at radius 2 is 1.85 bits per heavy atom. The van der Waals surface area contributed by atoms with E-state index in [1.807, 2.05) is 0 Å². The van der Waals surface area contributed by atoms with Crippen molar-refractivity contribution in [2.75, 3.05) is 25.2 Å². The molecule has 0 radical (unpaired) electrons. The highest BCUT2D eigenvalue weighted by Gasteiger charge is 2.31. The number of rotatable bonds is 9. The van der Waals surface area contributed by atoms with Gasteiger partial charge in [0.1, 0.15) is 17.7 Å². The van der Waals surface area contributed by atoms with Gasteiger partial charge < -0.3 is 25.8 Å². The van der Waals surface area contributed by atoms with Crippen molar-refractivity contribution in [3.8, 4) is 17.1 Å². The Labute approximate surface area is 231 Å². The van der Waals surface area contributed by atoms with E-state index in [0.29, 0.717) is 28.4 Å². The third-order valence-electron chi connectivity index (χ3n) is 5.56. The highest BCUT2D eigenvalue weighted by Crippen LogP contribution is 2.39. The number of anilines is 3. The maximum Gasteiger partial charge on any atom is 0.416 e. The van der Waals surface area contributed by atoms with Crippen molar-refractivity contribution in [2.45, 2.75) is 19.4 Å². The smallest absolute Gasteiger partial charge is 0.416 e. The predicted octanol–water partition coefficient (Wildman–Crippen LogP) is 4.36. The Balaban J connectivity index is 1.70. The first kappa shape index (κ1) is 28.6. The van der Waals surface area contributed by atoms with Crippen molar-refractivity contribution in [2.24, 2.45) is 7.05 Å². The number of aryl methyl sites for hydroxylation is 1. The average Bonchev–Trinajstić information content (AvgIpc) is 3.33. The van der Waals surface area contributed by atoms with Crippen LogP contribution in [0.5, 0.6) is 5.75 Å². The molecule has 0 atom stereocenters. The van der Waals surface area contributed by atoms with Crippen LogP contribution in [-0.2, 0) is 31.2 Å². The summed E-state index contributed by atoms with van der Waals surface area (Å²) in [6.45, 7) is -0.149. The molecule has 0 aliphatic heterocycles. The van der Waals surface area contributed by atoms with Gasteiger partial charge in [-0.1, -0.05) is 0 Å². The van der Waals surface area contributed by atoms with Crippen LogP contribution in [-0.4, -0.2) is 44.8 Å². The average molecular weight is 577 g/mol. The second-order valence-electron chi connectivity index (χ2n) is 8.53. The summed E-state index contributed by atoms with van der Waals surface area (Å²) < 4.78 is 52.5. The van der Waals surface area contributed by atoms with Crippen molar-refractivity contribution < 1.29 is 27.4 Å². The van der Waals surface area contributed by atoms with Gasteiger partial charge in [-0.15, -0.1) is 0 Å². The topological polar surface area (TPSA) is 142 Å². The lowest BCUT2D eigenvalue weighted by atomic mass is 10.1. The van der Waals surface area contributed by atoms with Crippen LogP contribution in [0.15, 0.2) is 42.9 Å². The highest BCUT2D eigenvalue weighted by atomic mass is 35.5. The fourth-order valence-corrected chi connectivity index (χ4v) is 3.98. The van der Waals surface area contributed by atoms with Crippen LogP contribution in [0.4, 0.5) is 30.4 Å². The Kier molecular flexibility index (Phi) is 8.40. The second kappa shape index (κ2) is 11.8. The van der Waals surface area contributed by atoms with E-state index >= 15 is 0 Å². The van der Waals surface area contributed by atoms with Crippen LogP contribution in [0.25, 0.3) is 11.4 Å². The highest BCUT2D eigenvalue weighted by molar-refractivity contribution is 6.28. The molecule has 40 heavy (non-hydrogen) atoms. The SMILES string of the molecule is CNC(=O)c1cnc(Cl)nc1Nc1cc(COCc2cc(N)cc(C(F)(F)F)c2)cc(-c2ncn(C)n2)c1OC. The minimum atomic E-state index is -4.54. The zero-order chi connectivity index (χ0) is 29.0. The maximum absolute atomic E-state index is 13.2. The van der Waals surface area contributed by atoms with Crippen LogP contribution in [0, 0.1) is 0 Å². The van der Waals surface area contributed by atoms with Gasteiger partial charge in [0.2, 0.25) is 5.28 Å². The standard InChI is InChI=1S/C25H24ClF3N8O3/c1-31-23(38)18-9-32-24(26)35-22(18)34-19-7-14(6-17(20(19)39-3)21-33-12-37(2)36-21)11-40-10-13-4-15(25(27,28)29)8-16(30)5-13/h4-9,12H,10-11,30H2,1-3H3,(H,31,38)(H,32,34,35). The molecule has 2 heterocycles. The number of hydrogen-bond acceptors (Lipinski definition) is 9. The number of amides is 1. The summed E-state index contributed by atoms with van der Waals surface area (Å²) in [4.78, 5) is 24.7. The summed E-state index contributed by atoms with van der Waals surface area (Å²) in [5.41, 5.74) is 6.60. The number of halogens is 4. The molecule has 0 saturated carbocycles. The van der Waals surface area contributed by atoms with E-state index in [2.05, 4.69) is 30.7 Å². The number of aromatic nitrogens is 5. The molecule has 0 saturated heterocycles. The minimum absolute atomic E-state index is 0.0124. The lowest BCUT2D eigenvalue weighted by Gasteiger charge is -2.17. The number of carbonyl (C=O) groups excluding carboxylic acids is 1. The van der Waals surface area contributed by atoms with E-state index in [9.17, 15) is 18.0 Å². The summed E-state index contributed by atoms with van der Waals surface area (Å²) in [6, 6.07) is 6.67. The summed E-state index contributed by atoms with van der Waals surface area (Å²) in [5.74, 6) is 0.319. The van der Waals surface area contributed by atoms with Gasteiger partial charge in [0.25, 0.3) is 5.91 Å². The van der Waals surface area contributed by atoms with Gasteiger partial charge in [0, 0.05) is 26.0 Å². The van der Waals surface area contributed by atoms with E-state index in [0.717, 1.165) is 12.1 Å². The number of alkyl halides is 3. The predicted molar refractivity (Wildman–Crippen MR) is 141 cm³/mol. The first-order valence-electron chi connectivity index (χ1n) is 11.6. The molecule has 4 N–H and O–H groups in total. The first-order valence-corrected chi connectivity index (χ1v) is 12.0. The molecular formula is C25H24ClF3N8O3. The van der Waals surface area contributed by atoms with Gasteiger partial charge in [-0.25, -0.2) is 9.97 Å². The molecule has 0 unspecified atom stereocenters. The van der Waals surface area contributed by atoms with E-state index in [4.69, 9.17) is 26.8 Å². The van der Waals surface area contributed by atoms with Crippen LogP contribution in [0.2, 0.25) is 5.28 Å². The third-order valence-corrected chi connectivity index (χ3v) is 5.74. The van der Waals surface area contributed by atoms with E-state index < -0.39 is 17.6 Å². The Morgan fingerprint density at radius 3 is 2.48 bits per heavy atom. The number of ether oxygens (including phenoxy) is 2. The molecule has 2 aromatic carbocycles. The molecule has 0 bridgehead atoms. The molecule has 0 spiro atoms. The molecule has 15 heteroatoms. The number of nitrogens with one attached hydrogen (secondary N) is 2. The molecular weight excluding hydrogens is 553 g/mol. The quantitative estimate of drug-likeness (QED) is 0.196. The Hall–Kier alpha value is -4.43. The summed E-state index contributed by atoms with van der Waals surface area (Å²) in [7, 11) is 4.62. The number of methoxy groups -OCH3 is 1. The van der Waals surface area contributed by atoms with Gasteiger partial charge in [-0.05, 0) is 53.1 Å². The number of nitrogen functional groups attached to an aromatic ring is 1. The lowest BCUT2D eigenvalue weighted by molar-refractivity contribution is -0.137. The molecule has 2 aromatic heterocycles. The van der Waals surface area contributed by atoms with Crippen molar-refractivity contribution in [1.29, 1.82) is 0 Å². The Morgan fingerprint density at radius 1 is 1.12 bits per heavy atom. The van der Waals surface area contributed by atoms with E-state index in [1.165, 1.54) is 37.4 Å². The maximum atomic E-state index is 13.2. The van der Waals surface area contributed by atoms with Gasteiger partial charge in [0.15, 0.2) is 11.6 Å². The van der Waals surface area contributed by atoms with Crippen molar-refractivity contribution in [3.63, 3.8) is 0 Å². The summed E-state index contributed by atoms with van der Waals surface area (Å²) in [5, 5.41) is 9.83. The van der Waals surface area contributed by atoms with Crippen LogP contribution >= 0.6 is 11.6 Å². The number of carbonyl (C=O) groups is 1. The number of benzene rings is 2. The zero-order valence-corrected chi connectivity index (χ0v) is 22.3. The number of hydrogen-bond donors (Lipinski definition) is 3. The molecule has 210 valence electrons. The minimum Gasteiger partial charge on any atom is -0.494 e. The van der Waals surface area contributed by atoms with Gasteiger partial charge in [-0.2, -0.15) is 23.3 Å². The normalized spacial score (nSPS) is 11.4. The first-order chi connectivity index (χ1) is 19.0. The molecule has 0 aliphatic carbocycles. The van der Waals surface area contributed by atoms with Crippen LogP contribution in [0.1, 0.15) is 27.0 Å². The molecule has 1 amide bonds. The second-order valence-corrected chi connectivity index (χ2v) is 8.86. The van der Waals surface area contributed by atoms with E-state index in [-0.39, 0.29) is 41.1 Å². The van der Waals surface area contributed by atoms with E-state index in [1.54, 1.807) is 19.2 Å². The van der Waals surface area contributed by atoms with Gasteiger partial charge >= 0.3 is 6.18 Å². The van der Waals surface area contributed by atoms with Crippen molar-refractivity contribution in [1.82, 2.24) is 30.0 Å². The van der Waals surface area contributed by atoms with Crippen LogP contribution in [0.3, 0.4) is 0 Å². The van der Waals surface area contributed by atoms with Crippen molar-refractivity contribution in [3.05, 3.63) is 70.4 Å². The molecule has 0 fully saturated rings. The molecule has 4 rings (SSSR count). The van der Waals surface area contributed by atoms with Crippen LogP contribution < -0.4 is 21.1 Å². The zero-order valence-electron chi connectivity index (χ0n) is 21.5. The van der Waals surface area contributed by atoms with Gasteiger partial charge in [0.05, 0.1) is 37.1 Å². The molecule has 0 aliphatic rings. The fourth-order valence-electron chi connectivity index (χ4n) is 3.85. The van der Waals surface area contributed by atoms with Crippen molar-refractivity contribution >= 4 is 34.7 Å². The Bertz CT molecular complexity index is 1540. The molecule has 11 nitrogen and oxygen atoms in total. The lowest BCUT2D eigenvalue weighted by Crippen LogP contribution is -2.20. The largest absolute Gasteiger partial charge is 0.494 e. The number of nitrogens with two attached hydrogens (primary N) is 1. The molecule has 4 aromatic rings. The fraction of sp³-hybridized carbons (Fsp3) is 0.240. The summed E-state index contributed by atoms with van der Waals surface area (Å²) in [6.07, 6.45) is -1.75. The summed E-state index contributed by atoms with van der Waals surface area (Å²) >= 11 is 6.00. The monoisotopic (exact) mass is 576 g/mol. The van der Waals surface area contributed by atoms with Gasteiger partial charge in [-0.3, -0.25) is 9.48 Å². The third kappa shape index (κ3) is 6.58.